The van der Waals surface area contributed by atoms with Gasteiger partial charge in [-0.05, 0) is 35.9 Å². The zero-order valence-corrected chi connectivity index (χ0v) is 12.5. The van der Waals surface area contributed by atoms with Gasteiger partial charge in [-0.25, -0.2) is 4.39 Å². The predicted molar refractivity (Wildman–Crippen MR) is 84.4 cm³/mol. The van der Waals surface area contributed by atoms with Crippen LogP contribution < -0.4 is 10.1 Å². The number of nitrogens with one attached hydrogen (secondary N) is 1. The topological polar surface area (TPSA) is 21.3 Å². The summed E-state index contributed by atoms with van der Waals surface area (Å²) in [6.07, 6.45) is 1.02. The van der Waals surface area contributed by atoms with E-state index in [1.165, 1.54) is 6.07 Å². The molecule has 21 heavy (non-hydrogen) atoms. The number of fused-ring (bicyclic) bond motifs is 1. The molecule has 2 aromatic rings. The molecule has 0 aliphatic carbocycles. The number of hydrogen-bond donors (Lipinski definition) is 1. The van der Waals surface area contributed by atoms with Crippen LogP contribution in [-0.4, -0.2) is 18.9 Å². The van der Waals surface area contributed by atoms with Crippen molar-refractivity contribution in [1.29, 1.82) is 0 Å². The predicted octanol–water partition coefficient (Wildman–Crippen LogP) is 4.03. The third-order valence-electron chi connectivity index (χ3n) is 3.53. The molecule has 0 fully saturated rings. The number of para-hydroxylation sites is 1. The first-order chi connectivity index (χ1) is 10.3. The van der Waals surface area contributed by atoms with E-state index in [0.717, 1.165) is 34.9 Å². The van der Waals surface area contributed by atoms with Gasteiger partial charge in [0.25, 0.3) is 0 Å². The molecule has 0 aromatic heterocycles. The Hall–Kier alpha value is -1.52. The standard InChI is InChI=1S/C17H18FNOS/c18-15-8-4-7-14-16(9-12-21-17(14)15)19-10-11-20-13-5-2-1-3-6-13/h1-8,16,19H,9-12H2. The lowest BCUT2D eigenvalue weighted by molar-refractivity contribution is 0.303. The van der Waals surface area contributed by atoms with Crippen LogP contribution in [0.4, 0.5) is 4.39 Å². The molecule has 1 N–H and O–H groups in total. The van der Waals surface area contributed by atoms with Gasteiger partial charge in [-0.1, -0.05) is 30.3 Å². The highest BCUT2D eigenvalue weighted by molar-refractivity contribution is 7.99. The summed E-state index contributed by atoms with van der Waals surface area (Å²) in [4.78, 5) is 0.797. The maximum atomic E-state index is 13.8. The van der Waals surface area contributed by atoms with Crippen LogP contribution in [0.1, 0.15) is 18.0 Å². The third-order valence-corrected chi connectivity index (χ3v) is 4.69. The van der Waals surface area contributed by atoms with Crippen LogP contribution in [-0.2, 0) is 0 Å². The van der Waals surface area contributed by atoms with Gasteiger partial charge in [-0.15, -0.1) is 11.8 Å². The largest absolute Gasteiger partial charge is 0.492 e. The van der Waals surface area contributed by atoms with Gasteiger partial charge in [0.15, 0.2) is 0 Å². The van der Waals surface area contributed by atoms with Crippen LogP contribution in [0.25, 0.3) is 0 Å². The first kappa shape index (κ1) is 14.4. The molecule has 4 heteroatoms. The van der Waals surface area contributed by atoms with Gasteiger partial charge in [-0.2, -0.15) is 0 Å². The fourth-order valence-corrected chi connectivity index (χ4v) is 3.66. The first-order valence-corrected chi connectivity index (χ1v) is 8.15. The molecule has 0 radical (unpaired) electrons. The first-order valence-electron chi connectivity index (χ1n) is 7.17. The summed E-state index contributed by atoms with van der Waals surface area (Å²) in [6.45, 7) is 1.36. The fourth-order valence-electron chi connectivity index (χ4n) is 2.52. The number of hydrogen-bond acceptors (Lipinski definition) is 3. The second kappa shape index (κ2) is 6.96. The molecule has 0 saturated heterocycles. The Morgan fingerprint density at radius 3 is 2.86 bits per heavy atom. The highest BCUT2D eigenvalue weighted by atomic mass is 32.2. The van der Waals surface area contributed by atoms with Crippen LogP contribution in [0.15, 0.2) is 53.4 Å². The minimum atomic E-state index is -0.107. The quantitative estimate of drug-likeness (QED) is 0.843. The normalized spacial score (nSPS) is 17.3. The SMILES string of the molecule is Fc1cccc2c1SCCC2NCCOc1ccccc1. The van der Waals surface area contributed by atoms with Gasteiger partial charge < -0.3 is 10.1 Å². The lowest BCUT2D eigenvalue weighted by Gasteiger charge is -2.26. The molecule has 1 atom stereocenters. The number of ether oxygens (including phenoxy) is 1. The van der Waals surface area contributed by atoms with E-state index in [9.17, 15) is 4.39 Å². The molecule has 110 valence electrons. The van der Waals surface area contributed by atoms with Crippen molar-refractivity contribution in [2.24, 2.45) is 0 Å². The molecular weight excluding hydrogens is 285 g/mol. The Labute approximate surface area is 128 Å². The monoisotopic (exact) mass is 303 g/mol. The van der Waals surface area contributed by atoms with E-state index in [0.29, 0.717) is 6.61 Å². The van der Waals surface area contributed by atoms with E-state index in [2.05, 4.69) is 5.32 Å². The Morgan fingerprint density at radius 1 is 1.14 bits per heavy atom. The van der Waals surface area contributed by atoms with Gasteiger partial charge >= 0.3 is 0 Å². The second-order valence-corrected chi connectivity index (χ2v) is 6.07. The van der Waals surface area contributed by atoms with Gasteiger partial charge in [0.2, 0.25) is 0 Å². The fraction of sp³-hybridized carbons (Fsp3) is 0.294. The summed E-state index contributed by atoms with van der Waals surface area (Å²) in [5, 5.41) is 3.47. The Bertz CT molecular complexity index is 591. The molecule has 3 rings (SSSR count). The summed E-state index contributed by atoms with van der Waals surface area (Å²) in [7, 11) is 0. The molecule has 1 unspecified atom stereocenters. The average molecular weight is 303 g/mol. The Morgan fingerprint density at radius 2 is 2.00 bits per heavy atom. The van der Waals surface area contributed by atoms with Gasteiger partial charge in [-0.3, -0.25) is 0 Å². The Kier molecular flexibility index (Phi) is 4.78. The van der Waals surface area contributed by atoms with E-state index < -0.39 is 0 Å². The van der Waals surface area contributed by atoms with Crippen LogP contribution in [0, 0.1) is 5.82 Å². The van der Waals surface area contributed by atoms with E-state index >= 15 is 0 Å². The minimum absolute atomic E-state index is 0.107. The van der Waals surface area contributed by atoms with Crippen molar-refractivity contribution in [3.8, 4) is 5.75 Å². The van der Waals surface area contributed by atoms with Crippen molar-refractivity contribution in [2.75, 3.05) is 18.9 Å². The number of rotatable bonds is 5. The third kappa shape index (κ3) is 3.57. The average Bonchev–Trinajstić information content (AvgIpc) is 2.53. The number of benzene rings is 2. The van der Waals surface area contributed by atoms with Crippen molar-refractivity contribution in [2.45, 2.75) is 17.4 Å². The van der Waals surface area contributed by atoms with E-state index in [1.54, 1.807) is 17.8 Å². The van der Waals surface area contributed by atoms with Crippen molar-refractivity contribution in [1.82, 2.24) is 5.32 Å². The second-order valence-electron chi connectivity index (χ2n) is 4.96. The maximum absolute atomic E-state index is 13.8. The summed E-state index contributed by atoms with van der Waals surface area (Å²) >= 11 is 1.61. The van der Waals surface area contributed by atoms with Crippen molar-refractivity contribution in [3.63, 3.8) is 0 Å². The molecular formula is C17H18FNOS. The molecule has 0 amide bonds. The van der Waals surface area contributed by atoms with E-state index in [-0.39, 0.29) is 11.9 Å². The highest BCUT2D eigenvalue weighted by Crippen LogP contribution is 2.37. The number of halogens is 1. The van der Waals surface area contributed by atoms with E-state index in [4.69, 9.17) is 4.74 Å². The lowest BCUT2D eigenvalue weighted by Crippen LogP contribution is -2.28. The zero-order valence-electron chi connectivity index (χ0n) is 11.7. The van der Waals surface area contributed by atoms with Crippen molar-refractivity contribution < 1.29 is 9.13 Å². The molecule has 1 aliphatic heterocycles. The van der Waals surface area contributed by atoms with Crippen molar-refractivity contribution in [3.05, 3.63) is 59.9 Å². The summed E-state index contributed by atoms with van der Waals surface area (Å²) < 4.78 is 19.4. The Balaban J connectivity index is 1.54. The molecule has 2 nitrogen and oxygen atoms in total. The van der Waals surface area contributed by atoms with Gasteiger partial charge in [0, 0.05) is 17.5 Å². The molecule has 2 aromatic carbocycles. The zero-order chi connectivity index (χ0) is 14.5. The van der Waals surface area contributed by atoms with Gasteiger partial charge in [0.05, 0.1) is 0 Å². The van der Waals surface area contributed by atoms with Crippen molar-refractivity contribution >= 4 is 11.8 Å². The van der Waals surface area contributed by atoms with E-state index in [1.807, 2.05) is 36.4 Å². The lowest BCUT2D eigenvalue weighted by atomic mass is 10.0. The number of thioether (sulfide) groups is 1. The van der Waals surface area contributed by atoms with Crippen LogP contribution in [0.2, 0.25) is 0 Å². The smallest absolute Gasteiger partial charge is 0.137 e. The molecule has 0 saturated carbocycles. The van der Waals surface area contributed by atoms with Crippen LogP contribution in [0.5, 0.6) is 5.75 Å². The molecule has 0 spiro atoms. The van der Waals surface area contributed by atoms with Crippen LogP contribution in [0.3, 0.4) is 0 Å². The molecule has 0 bridgehead atoms. The maximum Gasteiger partial charge on any atom is 0.137 e. The molecule has 1 aliphatic rings. The van der Waals surface area contributed by atoms with Gasteiger partial charge in [0.1, 0.15) is 18.2 Å². The minimum Gasteiger partial charge on any atom is -0.492 e. The highest BCUT2D eigenvalue weighted by Gasteiger charge is 2.22. The summed E-state index contributed by atoms with van der Waals surface area (Å²) in [5.74, 6) is 1.72. The van der Waals surface area contributed by atoms with Crippen LogP contribution >= 0.6 is 11.8 Å². The summed E-state index contributed by atoms with van der Waals surface area (Å²) in [5.41, 5.74) is 1.07. The summed E-state index contributed by atoms with van der Waals surface area (Å²) in [6, 6.07) is 15.3. The molecule has 1 heterocycles.